The van der Waals surface area contributed by atoms with Gasteiger partial charge in [0.1, 0.15) is 5.02 Å². The van der Waals surface area contributed by atoms with E-state index < -0.39 is 11.4 Å². The molecule has 1 aromatic heterocycles. The van der Waals surface area contributed by atoms with Crippen molar-refractivity contribution in [2.24, 2.45) is 5.41 Å². The molecule has 1 fully saturated rings. The Hall–Kier alpha value is -1.56. The smallest absolute Gasteiger partial charge is 0.318 e. The number of methoxy groups -OCH3 is 1. The molecule has 1 N–H and O–H groups in total. The highest BCUT2D eigenvalue weighted by atomic mass is 35.5. The van der Waals surface area contributed by atoms with Crippen molar-refractivity contribution in [2.75, 3.05) is 25.1 Å². The van der Waals surface area contributed by atoms with E-state index in [4.69, 9.17) is 16.3 Å². The third-order valence-corrected chi connectivity index (χ3v) is 4.30. The quantitative estimate of drug-likeness (QED) is 0.919. The van der Waals surface area contributed by atoms with Crippen LogP contribution in [0.15, 0.2) is 6.20 Å². The van der Waals surface area contributed by atoms with Crippen molar-refractivity contribution in [3.8, 4) is 6.01 Å². The van der Waals surface area contributed by atoms with E-state index in [2.05, 4.69) is 9.97 Å². The lowest BCUT2D eigenvalue weighted by atomic mass is 9.76. The molecule has 0 saturated carbocycles. The molecular weight excluding hydrogens is 282 g/mol. The van der Waals surface area contributed by atoms with Crippen LogP contribution in [0.2, 0.25) is 5.02 Å². The monoisotopic (exact) mass is 299 g/mol. The van der Waals surface area contributed by atoms with Gasteiger partial charge in [-0.05, 0) is 19.3 Å². The summed E-state index contributed by atoms with van der Waals surface area (Å²) in [6.07, 6.45) is 3.31. The number of anilines is 1. The summed E-state index contributed by atoms with van der Waals surface area (Å²) in [7, 11) is 1.50. The van der Waals surface area contributed by atoms with Crippen LogP contribution in [0.25, 0.3) is 0 Å². The van der Waals surface area contributed by atoms with Gasteiger partial charge in [-0.3, -0.25) is 4.79 Å². The van der Waals surface area contributed by atoms with Gasteiger partial charge < -0.3 is 14.7 Å². The van der Waals surface area contributed by atoms with Crippen molar-refractivity contribution in [1.82, 2.24) is 9.97 Å². The SMILES string of the molecule is CCC1(C(=O)O)CCN(c2nc(OC)ncc2Cl)CC1. The number of halogens is 1. The summed E-state index contributed by atoms with van der Waals surface area (Å²) in [5, 5.41) is 9.84. The second kappa shape index (κ2) is 5.83. The first-order chi connectivity index (χ1) is 9.52. The molecule has 1 aliphatic heterocycles. The summed E-state index contributed by atoms with van der Waals surface area (Å²) >= 11 is 6.12. The molecule has 0 amide bonds. The first-order valence-corrected chi connectivity index (χ1v) is 6.95. The largest absolute Gasteiger partial charge is 0.481 e. The maximum Gasteiger partial charge on any atom is 0.318 e. The standard InChI is InChI=1S/C13H18ClN3O3/c1-3-13(11(18)19)4-6-17(7-5-13)10-9(14)8-15-12(16-10)20-2/h8H,3-7H2,1-2H3,(H,18,19). The number of carboxylic acids is 1. The van der Waals surface area contributed by atoms with Gasteiger partial charge in [0.05, 0.1) is 18.7 Å². The Labute approximate surface area is 122 Å². The predicted octanol–water partition coefficient (Wildman–Crippen LogP) is 2.22. The van der Waals surface area contributed by atoms with Gasteiger partial charge in [-0.15, -0.1) is 0 Å². The summed E-state index contributed by atoms with van der Waals surface area (Å²) < 4.78 is 5.00. The zero-order valence-corrected chi connectivity index (χ0v) is 12.4. The maximum atomic E-state index is 11.4. The number of aliphatic carboxylic acids is 1. The minimum absolute atomic E-state index is 0.259. The Bertz CT molecular complexity index is 502. The lowest BCUT2D eigenvalue weighted by molar-refractivity contribution is -0.150. The number of piperidine rings is 1. The number of hydrogen-bond acceptors (Lipinski definition) is 5. The molecule has 1 aliphatic rings. The van der Waals surface area contributed by atoms with Crippen molar-refractivity contribution in [3.05, 3.63) is 11.2 Å². The number of carbonyl (C=O) groups is 1. The molecule has 0 spiro atoms. The first kappa shape index (κ1) is 14.8. The number of rotatable bonds is 4. The number of carboxylic acid groups (broad SMARTS) is 1. The van der Waals surface area contributed by atoms with Crippen molar-refractivity contribution in [1.29, 1.82) is 0 Å². The van der Waals surface area contributed by atoms with Gasteiger partial charge in [-0.2, -0.15) is 4.98 Å². The summed E-state index contributed by atoms with van der Waals surface area (Å²) in [6.45, 7) is 3.14. The summed E-state index contributed by atoms with van der Waals surface area (Å²) in [5.41, 5.74) is -0.625. The van der Waals surface area contributed by atoms with Crippen LogP contribution in [-0.4, -0.2) is 41.2 Å². The number of ether oxygens (including phenoxy) is 1. The molecule has 1 saturated heterocycles. The maximum absolute atomic E-state index is 11.4. The lowest BCUT2D eigenvalue weighted by Crippen LogP contribution is -2.44. The van der Waals surface area contributed by atoms with Crippen molar-refractivity contribution in [3.63, 3.8) is 0 Å². The Kier molecular flexibility index (Phi) is 4.32. The molecule has 6 nitrogen and oxygen atoms in total. The number of hydrogen-bond donors (Lipinski definition) is 1. The fourth-order valence-corrected chi connectivity index (χ4v) is 2.74. The minimum Gasteiger partial charge on any atom is -0.481 e. The summed E-state index contributed by atoms with van der Waals surface area (Å²) in [4.78, 5) is 21.6. The van der Waals surface area contributed by atoms with E-state index >= 15 is 0 Å². The van der Waals surface area contributed by atoms with E-state index in [-0.39, 0.29) is 6.01 Å². The van der Waals surface area contributed by atoms with E-state index in [1.54, 1.807) is 0 Å². The zero-order chi connectivity index (χ0) is 14.8. The second-order valence-corrected chi connectivity index (χ2v) is 5.36. The van der Waals surface area contributed by atoms with Crippen molar-refractivity contribution < 1.29 is 14.6 Å². The zero-order valence-electron chi connectivity index (χ0n) is 11.6. The Morgan fingerprint density at radius 3 is 2.70 bits per heavy atom. The van der Waals surface area contributed by atoms with Gasteiger partial charge in [-0.1, -0.05) is 18.5 Å². The predicted molar refractivity (Wildman–Crippen MR) is 75.4 cm³/mol. The highest BCUT2D eigenvalue weighted by Gasteiger charge is 2.40. The molecule has 0 aromatic carbocycles. The molecule has 7 heteroatoms. The molecule has 2 rings (SSSR count). The lowest BCUT2D eigenvalue weighted by Gasteiger charge is -2.39. The molecule has 0 atom stereocenters. The van der Waals surface area contributed by atoms with Crippen LogP contribution >= 0.6 is 11.6 Å². The molecule has 0 bridgehead atoms. The Balaban J connectivity index is 2.16. The van der Waals surface area contributed by atoms with Crippen LogP contribution in [-0.2, 0) is 4.79 Å². The average molecular weight is 300 g/mol. The van der Waals surface area contributed by atoms with Crippen molar-refractivity contribution in [2.45, 2.75) is 26.2 Å². The van der Waals surface area contributed by atoms with E-state index in [1.165, 1.54) is 13.3 Å². The van der Waals surface area contributed by atoms with Crippen LogP contribution < -0.4 is 9.64 Å². The molecule has 0 unspecified atom stereocenters. The summed E-state index contributed by atoms with van der Waals surface area (Å²) in [5.74, 6) is -0.111. The van der Waals surface area contributed by atoms with Gasteiger partial charge in [0.15, 0.2) is 5.82 Å². The molecule has 0 radical (unpaired) electrons. The average Bonchev–Trinajstić information content (AvgIpc) is 2.48. The topological polar surface area (TPSA) is 75.5 Å². The number of aromatic nitrogens is 2. The van der Waals surface area contributed by atoms with Gasteiger partial charge >= 0.3 is 12.0 Å². The van der Waals surface area contributed by atoms with Crippen LogP contribution in [0.3, 0.4) is 0 Å². The fourth-order valence-electron chi connectivity index (χ4n) is 2.53. The van der Waals surface area contributed by atoms with E-state index in [0.29, 0.717) is 43.2 Å². The molecule has 1 aromatic rings. The van der Waals surface area contributed by atoms with Crippen LogP contribution in [0, 0.1) is 5.41 Å². The molecule has 2 heterocycles. The fraction of sp³-hybridized carbons (Fsp3) is 0.615. The highest BCUT2D eigenvalue weighted by molar-refractivity contribution is 6.32. The van der Waals surface area contributed by atoms with Crippen LogP contribution in [0.1, 0.15) is 26.2 Å². The van der Waals surface area contributed by atoms with E-state index in [9.17, 15) is 9.90 Å². The molecule has 0 aliphatic carbocycles. The van der Waals surface area contributed by atoms with Gasteiger partial charge in [0.2, 0.25) is 0 Å². The third kappa shape index (κ3) is 2.65. The van der Waals surface area contributed by atoms with Gasteiger partial charge in [0.25, 0.3) is 0 Å². The van der Waals surface area contributed by atoms with Crippen LogP contribution in [0.5, 0.6) is 6.01 Å². The molecule has 110 valence electrons. The molecular formula is C13H18ClN3O3. The molecule has 20 heavy (non-hydrogen) atoms. The normalized spacial score (nSPS) is 17.9. The number of nitrogens with zero attached hydrogens (tertiary/aromatic N) is 3. The van der Waals surface area contributed by atoms with Gasteiger partial charge in [0, 0.05) is 13.1 Å². The van der Waals surface area contributed by atoms with Crippen molar-refractivity contribution >= 4 is 23.4 Å². The van der Waals surface area contributed by atoms with Gasteiger partial charge in [-0.25, -0.2) is 4.98 Å². The van der Waals surface area contributed by atoms with E-state index in [0.717, 1.165) is 0 Å². The third-order valence-electron chi connectivity index (χ3n) is 4.04. The Morgan fingerprint density at radius 2 is 2.20 bits per heavy atom. The van der Waals surface area contributed by atoms with E-state index in [1.807, 2.05) is 11.8 Å². The first-order valence-electron chi connectivity index (χ1n) is 6.57. The summed E-state index contributed by atoms with van der Waals surface area (Å²) in [6, 6.07) is 0.259. The van der Waals surface area contributed by atoms with Crippen LogP contribution in [0.4, 0.5) is 5.82 Å². The minimum atomic E-state index is -0.717. The Morgan fingerprint density at radius 1 is 1.55 bits per heavy atom. The highest BCUT2D eigenvalue weighted by Crippen LogP contribution is 2.37. The second-order valence-electron chi connectivity index (χ2n) is 4.95.